The summed E-state index contributed by atoms with van der Waals surface area (Å²) in [5, 5.41) is 0. The zero-order valence-electron chi connectivity index (χ0n) is 10.9. The van der Waals surface area contributed by atoms with Crippen molar-refractivity contribution in [2.24, 2.45) is 5.73 Å². The zero-order chi connectivity index (χ0) is 13.8. The van der Waals surface area contributed by atoms with Gasteiger partial charge in [-0.3, -0.25) is 0 Å². The van der Waals surface area contributed by atoms with Gasteiger partial charge in [0.2, 0.25) is 10.0 Å². The van der Waals surface area contributed by atoms with E-state index in [9.17, 15) is 8.42 Å². The van der Waals surface area contributed by atoms with Crippen LogP contribution in [0.3, 0.4) is 0 Å². The maximum Gasteiger partial charge on any atom is 0.218 e. The molecule has 0 saturated carbocycles. The van der Waals surface area contributed by atoms with Gasteiger partial charge in [-0.15, -0.1) is 0 Å². The number of nitrogens with zero attached hydrogens (tertiary/aromatic N) is 1. The molecular formula is C13H20N2O2S. The number of benzene rings is 1. The van der Waals surface area contributed by atoms with Gasteiger partial charge >= 0.3 is 0 Å². The molecule has 0 aliphatic heterocycles. The Bertz CT molecular complexity index is 524. The van der Waals surface area contributed by atoms with Crippen molar-refractivity contribution < 1.29 is 8.42 Å². The minimum Gasteiger partial charge on any atom is -0.326 e. The van der Waals surface area contributed by atoms with Crippen LogP contribution in [0, 0.1) is 0 Å². The molecule has 0 saturated heterocycles. The third-order valence-corrected chi connectivity index (χ3v) is 4.32. The van der Waals surface area contributed by atoms with E-state index >= 15 is 0 Å². The molecule has 0 aliphatic carbocycles. The molecule has 4 nitrogen and oxygen atoms in total. The normalized spacial score (nSPS) is 11.8. The van der Waals surface area contributed by atoms with E-state index in [-0.39, 0.29) is 5.75 Å². The van der Waals surface area contributed by atoms with Crippen LogP contribution in [0.4, 0.5) is 0 Å². The topological polar surface area (TPSA) is 63.4 Å². The zero-order valence-corrected chi connectivity index (χ0v) is 11.7. The average molecular weight is 268 g/mol. The Morgan fingerprint density at radius 3 is 2.56 bits per heavy atom. The average Bonchev–Trinajstić information content (AvgIpc) is 2.27. The second-order valence-electron chi connectivity index (χ2n) is 4.49. The molecule has 0 radical (unpaired) electrons. The maximum absolute atomic E-state index is 12.1. The Morgan fingerprint density at radius 1 is 1.39 bits per heavy atom. The highest BCUT2D eigenvalue weighted by atomic mass is 32.2. The summed E-state index contributed by atoms with van der Waals surface area (Å²) in [5.41, 5.74) is 8.04. The summed E-state index contributed by atoms with van der Waals surface area (Å²) in [6.07, 6.45) is 0. The predicted octanol–water partition coefficient (Wildman–Crippen LogP) is 1.48. The summed E-state index contributed by atoms with van der Waals surface area (Å²) in [6, 6.07) is 7.33. The first-order valence-corrected chi connectivity index (χ1v) is 7.32. The molecule has 18 heavy (non-hydrogen) atoms. The Balaban J connectivity index is 2.84. The molecule has 0 spiro atoms. The fourth-order valence-electron chi connectivity index (χ4n) is 1.65. The quantitative estimate of drug-likeness (QED) is 0.795. The predicted molar refractivity (Wildman–Crippen MR) is 74.4 cm³/mol. The van der Waals surface area contributed by atoms with Crippen molar-refractivity contribution in [2.45, 2.75) is 19.2 Å². The number of rotatable bonds is 6. The summed E-state index contributed by atoms with van der Waals surface area (Å²) < 4.78 is 25.5. The number of hydrogen-bond acceptors (Lipinski definition) is 3. The first kappa shape index (κ1) is 14.9. The van der Waals surface area contributed by atoms with Gasteiger partial charge in [0.25, 0.3) is 0 Å². The van der Waals surface area contributed by atoms with Gasteiger partial charge in [-0.2, -0.15) is 0 Å². The van der Waals surface area contributed by atoms with Gasteiger partial charge in [0.15, 0.2) is 0 Å². The van der Waals surface area contributed by atoms with Crippen LogP contribution in [-0.2, 0) is 22.3 Å². The van der Waals surface area contributed by atoms with E-state index in [2.05, 4.69) is 6.58 Å². The molecule has 1 aromatic carbocycles. The van der Waals surface area contributed by atoms with Crippen LogP contribution >= 0.6 is 0 Å². The maximum atomic E-state index is 12.1. The summed E-state index contributed by atoms with van der Waals surface area (Å²) >= 11 is 0. The van der Waals surface area contributed by atoms with Gasteiger partial charge in [-0.05, 0) is 18.1 Å². The number of likely N-dealkylation sites (N-methyl/N-ethyl adjacent to an activating group) is 1. The summed E-state index contributed by atoms with van der Waals surface area (Å²) in [4.78, 5) is 0. The first-order valence-electron chi connectivity index (χ1n) is 5.71. The second-order valence-corrected chi connectivity index (χ2v) is 6.57. The standard InChI is InChI=1S/C13H20N2O2S/c1-11(2)9-15(3)18(16,17)10-13-6-4-5-12(7-13)8-14/h4-7H,1,8-10,14H2,2-3H3. The highest BCUT2D eigenvalue weighted by Gasteiger charge is 2.18. The first-order chi connectivity index (χ1) is 8.35. The summed E-state index contributed by atoms with van der Waals surface area (Å²) in [7, 11) is -1.74. The lowest BCUT2D eigenvalue weighted by atomic mass is 10.1. The summed E-state index contributed by atoms with van der Waals surface area (Å²) in [6.45, 7) is 6.29. The van der Waals surface area contributed by atoms with E-state index in [1.807, 2.05) is 18.2 Å². The molecule has 100 valence electrons. The van der Waals surface area contributed by atoms with Crippen LogP contribution in [0.15, 0.2) is 36.4 Å². The fraction of sp³-hybridized carbons (Fsp3) is 0.385. The molecule has 0 aromatic heterocycles. The highest BCUT2D eigenvalue weighted by molar-refractivity contribution is 7.88. The molecular weight excluding hydrogens is 248 g/mol. The van der Waals surface area contributed by atoms with Crippen molar-refractivity contribution in [1.82, 2.24) is 4.31 Å². The van der Waals surface area contributed by atoms with Crippen LogP contribution in [0.25, 0.3) is 0 Å². The van der Waals surface area contributed by atoms with Crippen molar-refractivity contribution >= 4 is 10.0 Å². The van der Waals surface area contributed by atoms with Gasteiger partial charge in [0.05, 0.1) is 5.75 Å². The SMILES string of the molecule is C=C(C)CN(C)S(=O)(=O)Cc1cccc(CN)c1. The molecule has 0 fully saturated rings. The second kappa shape index (κ2) is 6.13. The molecule has 5 heteroatoms. The Labute approximate surface area is 109 Å². The van der Waals surface area contributed by atoms with Gasteiger partial charge in [0, 0.05) is 20.1 Å². The largest absolute Gasteiger partial charge is 0.326 e. The molecule has 0 aliphatic rings. The van der Waals surface area contributed by atoms with E-state index in [0.29, 0.717) is 13.1 Å². The van der Waals surface area contributed by atoms with Crippen molar-refractivity contribution in [3.63, 3.8) is 0 Å². The van der Waals surface area contributed by atoms with Crippen molar-refractivity contribution in [2.75, 3.05) is 13.6 Å². The molecule has 0 atom stereocenters. The molecule has 0 heterocycles. The van der Waals surface area contributed by atoms with Crippen molar-refractivity contribution in [3.05, 3.63) is 47.5 Å². The third-order valence-electron chi connectivity index (χ3n) is 2.54. The lowest BCUT2D eigenvalue weighted by molar-refractivity contribution is 0.492. The highest BCUT2D eigenvalue weighted by Crippen LogP contribution is 2.12. The fourth-order valence-corrected chi connectivity index (χ4v) is 2.88. The van der Waals surface area contributed by atoms with Gasteiger partial charge in [-0.1, -0.05) is 36.4 Å². The van der Waals surface area contributed by atoms with Gasteiger partial charge in [0.1, 0.15) is 0 Å². The monoisotopic (exact) mass is 268 g/mol. The molecule has 0 bridgehead atoms. The van der Waals surface area contributed by atoms with E-state index in [0.717, 1.165) is 16.7 Å². The van der Waals surface area contributed by atoms with Gasteiger partial charge < -0.3 is 5.73 Å². The Hall–Kier alpha value is -1.17. The van der Waals surface area contributed by atoms with Crippen LogP contribution in [0.5, 0.6) is 0 Å². The van der Waals surface area contributed by atoms with Crippen LogP contribution in [-0.4, -0.2) is 26.3 Å². The molecule has 1 aromatic rings. The van der Waals surface area contributed by atoms with E-state index < -0.39 is 10.0 Å². The third kappa shape index (κ3) is 4.25. The van der Waals surface area contributed by atoms with Crippen molar-refractivity contribution in [1.29, 1.82) is 0 Å². The smallest absolute Gasteiger partial charge is 0.218 e. The Morgan fingerprint density at radius 2 is 2.00 bits per heavy atom. The molecule has 0 amide bonds. The minimum atomic E-state index is -3.30. The van der Waals surface area contributed by atoms with Crippen LogP contribution in [0.1, 0.15) is 18.1 Å². The molecule has 0 unspecified atom stereocenters. The number of nitrogens with two attached hydrogens (primary N) is 1. The van der Waals surface area contributed by atoms with E-state index in [1.165, 1.54) is 4.31 Å². The summed E-state index contributed by atoms with van der Waals surface area (Å²) in [5.74, 6) is -0.00931. The Kier molecular flexibility index (Phi) is 5.07. The van der Waals surface area contributed by atoms with E-state index in [4.69, 9.17) is 5.73 Å². The van der Waals surface area contributed by atoms with Crippen LogP contribution < -0.4 is 5.73 Å². The van der Waals surface area contributed by atoms with Crippen molar-refractivity contribution in [3.8, 4) is 0 Å². The molecule has 2 N–H and O–H groups in total. The lowest BCUT2D eigenvalue weighted by Crippen LogP contribution is -2.29. The molecule has 1 rings (SSSR count). The lowest BCUT2D eigenvalue weighted by Gasteiger charge is -2.17. The number of hydrogen-bond donors (Lipinski definition) is 1. The minimum absolute atomic E-state index is 0.00931. The van der Waals surface area contributed by atoms with E-state index in [1.54, 1.807) is 20.0 Å². The van der Waals surface area contributed by atoms with Gasteiger partial charge in [-0.25, -0.2) is 12.7 Å². The van der Waals surface area contributed by atoms with Crippen LogP contribution in [0.2, 0.25) is 0 Å². The number of sulfonamides is 1.